The van der Waals surface area contributed by atoms with Gasteiger partial charge in [0.05, 0.1) is 26.9 Å². The Labute approximate surface area is 261 Å². The zero-order chi connectivity index (χ0) is 30.1. The molecule has 1 aliphatic rings. The minimum Gasteiger partial charge on any atom is -0.309 e. The van der Waals surface area contributed by atoms with Gasteiger partial charge in [0, 0.05) is 27.9 Å². The molecule has 0 saturated carbocycles. The van der Waals surface area contributed by atoms with Crippen LogP contribution in [0.25, 0.3) is 34.3 Å². The second kappa shape index (κ2) is 11.9. The monoisotopic (exact) mass is 648 g/mol. The molecule has 0 atom stereocenters. The smallest absolute Gasteiger partial charge is 0.269 e. The molecule has 0 unspecified atom stereocenters. The van der Waals surface area contributed by atoms with Crippen LogP contribution in [0.4, 0.5) is 11.4 Å². The number of hydrogen-bond acceptors (Lipinski definition) is 5. The van der Waals surface area contributed by atoms with E-state index in [9.17, 15) is 14.9 Å². The first kappa shape index (κ1) is 28.4. The van der Waals surface area contributed by atoms with Gasteiger partial charge in [-0.05, 0) is 84.3 Å². The third kappa shape index (κ3) is 5.82. The lowest BCUT2D eigenvalue weighted by Gasteiger charge is -2.15. The fraction of sp³-hybridized carbons (Fsp3) is 0.0588. The van der Waals surface area contributed by atoms with Crippen LogP contribution in [0.3, 0.4) is 0 Å². The van der Waals surface area contributed by atoms with Crippen molar-refractivity contribution in [2.24, 2.45) is 4.99 Å². The molecule has 212 valence electrons. The van der Waals surface area contributed by atoms with E-state index >= 15 is 0 Å². The minimum absolute atomic E-state index is 0.0165. The number of aryl methyl sites for hydroxylation is 2. The average molecular weight is 650 g/mol. The van der Waals surface area contributed by atoms with Gasteiger partial charge in [0.25, 0.3) is 11.6 Å². The number of carbonyl (C=O) groups excluding carboxylic acids is 1. The van der Waals surface area contributed by atoms with E-state index in [1.165, 1.54) is 23.9 Å². The number of non-ortho nitro benzene ring substituents is 1. The Hall–Kier alpha value is -4.73. The topological polar surface area (TPSA) is 89.5 Å². The summed E-state index contributed by atoms with van der Waals surface area (Å²) in [5.74, 6) is -0.224. The molecular weight excluding hydrogens is 624 g/mol. The molecule has 1 saturated heterocycles. The third-order valence-electron chi connectivity index (χ3n) is 7.06. The van der Waals surface area contributed by atoms with Gasteiger partial charge >= 0.3 is 0 Å². The van der Waals surface area contributed by atoms with Crippen molar-refractivity contribution < 1.29 is 9.72 Å². The highest BCUT2D eigenvalue weighted by Crippen LogP contribution is 2.39. The number of nitrogens with one attached hydrogen (secondary N) is 1. The van der Waals surface area contributed by atoms with Crippen molar-refractivity contribution in [2.75, 3.05) is 0 Å². The molecule has 1 N–H and O–H groups in total. The van der Waals surface area contributed by atoms with Gasteiger partial charge in [0.15, 0.2) is 5.17 Å². The molecule has 1 amide bonds. The first-order valence-corrected chi connectivity index (χ1v) is 15.1. The molecule has 5 aromatic rings. The molecule has 6 rings (SSSR count). The van der Waals surface area contributed by atoms with Gasteiger partial charge in [-0.25, -0.2) is 4.99 Å². The van der Waals surface area contributed by atoms with Crippen LogP contribution in [0.15, 0.2) is 117 Å². The number of carbonyl (C=O) groups is 1. The molecule has 0 spiro atoms. The molecule has 1 fully saturated rings. The van der Waals surface area contributed by atoms with E-state index in [2.05, 4.69) is 31.9 Å². The van der Waals surface area contributed by atoms with Gasteiger partial charge in [-0.2, -0.15) is 0 Å². The van der Waals surface area contributed by atoms with E-state index in [1.54, 1.807) is 12.1 Å². The number of nitro groups is 1. The molecule has 43 heavy (non-hydrogen) atoms. The van der Waals surface area contributed by atoms with Crippen LogP contribution >= 0.6 is 27.7 Å². The van der Waals surface area contributed by atoms with Crippen LogP contribution < -0.4 is 5.32 Å². The van der Waals surface area contributed by atoms with Crippen LogP contribution in [0, 0.1) is 24.0 Å². The molecule has 1 aromatic heterocycles. The fourth-order valence-corrected chi connectivity index (χ4v) is 6.13. The average Bonchev–Trinajstić information content (AvgIpc) is 3.56. The van der Waals surface area contributed by atoms with Crippen molar-refractivity contribution in [2.45, 2.75) is 13.8 Å². The summed E-state index contributed by atoms with van der Waals surface area (Å²) < 4.78 is 3.13. The zero-order valence-electron chi connectivity index (χ0n) is 23.2. The van der Waals surface area contributed by atoms with Gasteiger partial charge in [-0.15, -0.1) is 0 Å². The van der Waals surface area contributed by atoms with Crippen LogP contribution in [-0.2, 0) is 4.79 Å². The van der Waals surface area contributed by atoms with Crippen molar-refractivity contribution in [3.63, 3.8) is 0 Å². The van der Waals surface area contributed by atoms with E-state index in [1.807, 2.05) is 92.7 Å². The predicted octanol–water partition coefficient (Wildman–Crippen LogP) is 8.99. The van der Waals surface area contributed by atoms with E-state index in [4.69, 9.17) is 4.99 Å². The van der Waals surface area contributed by atoms with Crippen LogP contribution in [-0.4, -0.2) is 20.6 Å². The van der Waals surface area contributed by atoms with Gasteiger partial charge in [-0.1, -0.05) is 76.6 Å². The van der Waals surface area contributed by atoms with Gasteiger partial charge in [-0.3, -0.25) is 14.9 Å². The van der Waals surface area contributed by atoms with E-state index in [0.717, 1.165) is 55.1 Å². The number of rotatable bonds is 6. The maximum Gasteiger partial charge on any atom is 0.269 e. The highest BCUT2D eigenvalue weighted by atomic mass is 79.9. The number of nitrogens with zero attached hydrogens (tertiary/aromatic N) is 3. The summed E-state index contributed by atoms with van der Waals surface area (Å²) in [5.41, 5.74) is 8.17. The number of amidine groups is 1. The summed E-state index contributed by atoms with van der Waals surface area (Å²) >= 11 is 4.89. The lowest BCUT2D eigenvalue weighted by Crippen LogP contribution is -2.19. The second-order valence-corrected chi connectivity index (χ2v) is 11.9. The number of halogens is 1. The summed E-state index contributed by atoms with van der Waals surface area (Å²) in [6.07, 6.45) is 1.89. The molecule has 4 aromatic carbocycles. The Kier molecular flexibility index (Phi) is 7.84. The van der Waals surface area contributed by atoms with Crippen molar-refractivity contribution in [3.05, 3.63) is 139 Å². The number of benzene rings is 4. The summed E-state index contributed by atoms with van der Waals surface area (Å²) in [4.78, 5) is 29.4. The Balaban J connectivity index is 1.51. The number of nitro benzene ring substituents is 1. The van der Waals surface area contributed by atoms with E-state index in [0.29, 0.717) is 10.1 Å². The van der Waals surface area contributed by atoms with E-state index in [-0.39, 0.29) is 11.6 Å². The van der Waals surface area contributed by atoms with Crippen molar-refractivity contribution in [1.29, 1.82) is 0 Å². The second-order valence-electron chi connectivity index (χ2n) is 10.0. The Morgan fingerprint density at radius 3 is 2.09 bits per heavy atom. The molecule has 0 aliphatic carbocycles. The van der Waals surface area contributed by atoms with Crippen molar-refractivity contribution >= 4 is 56.2 Å². The highest BCUT2D eigenvalue weighted by molar-refractivity contribution is 9.10. The number of hydrogen-bond donors (Lipinski definition) is 1. The van der Waals surface area contributed by atoms with Crippen LogP contribution in [0.5, 0.6) is 0 Å². The number of aliphatic imine (C=N–C) groups is 1. The normalized spacial score (nSPS) is 14.8. The molecule has 2 heterocycles. The molecule has 7 nitrogen and oxygen atoms in total. The summed E-state index contributed by atoms with van der Waals surface area (Å²) in [7, 11) is 0. The molecule has 0 radical (unpaired) electrons. The van der Waals surface area contributed by atoms with Crippen LogP contribution in [0.1, 0.15) is 16.7 Å². The Bertz CT molecular complexity index is 1910. The third-order valence-corrected chi connectivity index (χ3v) is 9.22. The first-order valence-electron chi connectivity index (χ1n) is 13.5. The minimum atomic E-state index is -0.405. The van der Waals surface area contributed by atoms with E-state index < -0.39 is 4.92 Å². The van der Waals surface area contributed by atoms with Crippen molar-refractivity contribution in [1.82, 2.24) is 9.88 Å². The number of thioether (sulfide) groups is 1. The standard InChI is InChI=1S/C34H25BrN4O3S/c1-21-17-26(18-22(2)31(21)35)36-34-37-33(40)30(43-34)20-25-19-29(23-9-5-3-6-10-23)38(32(25)24-11-7-4-8-12-24)27-13-15-28(16-14-27)39(41)42/h3-20H,1-2H3,(H,36,37,40)/b30-20+. The predicted molar refractivity (Wildman–Crippen MR) is 178 cm³/mol. The van der Waals surface area contributed by atoms with Crippen molar-refractivity contribution in [3.8, 4) is 28.2 Å². The lowest BCUT2D eigenvalue weighted by atomic mass is 10.1. The number of amides is 1. The van der Waals surface area contributed by atoms with Crippen LogP contribution in [0.2, 0.25) is 0 Å². The Morgan fingerprint density at radius 1 is 0.884 bits per heavy atom. The largest absolute Gasteiger partial charge is 0.309 e. The quantitative estimate of drug-likeness (QED) is 0.113. The maximum absolute atomic E-state index is 13.2. The first-order chi connectivity index (χ1) is 20.8. The maximum atomic E-state index is 13.2. The molecular formula is C34H25BrN4O3S. The Morgan fingerprint density at radius 2 is 1.49 bits per heavy atom. The van der Waals surface area contributed by atoms with Gasteiger partial charge < -0.3 is 9.88 Å². The molecule has 0 bridgehead atoms. The lowest BCUT2D eigenvalue weighted by molar-refractivity contribution is -0.384. The van der Waals surface area contributed by atoms with Gasteiger partial charge in [0.2, 0.25) is 0 Å². The highest BCUT2D eigenvalue weighted by Gasteiger charge is 2.26. The summed E-state index contributed by atoms with van der Waals surface area (Å²) in [5, 5.41) is 14.8. The SMILES string of the molecule is Cc1cc(N=C2NC(=O)/C(=C\c3cc(-c4ccccc4)n(-c4ccc([N+](=O)[O-])cc4)c3-c3ccccc3)S2)cc(C)c1Br. The number of aromatic nitrogens is 1. The fourth-order valence-electron chi connectivity index (χ4n) is 5.07. The summed E-state index contributed by atoms with van der Waals surface area (Å²) in [6.45, 7) is 4.02. The molecule has 1 aliphatic heterocycles. The summed E-state index contributed by atoms with van der Waals surface area (Å²) in [6, 6.07) is 32.4. The van der Waals surface area contributed by atoms with Gasteiger partial charge in [0.1, 0.15) is 0 Å². The molecule has 9 heteroatoms. The zero-order valence-corrected chi connectivity index (χ0v) is 25.6.